The Hall–Kier alpha value is -2.69. The SMILES string of the molecule is COc1c2ccoc2c(OC=CC(C)C)c2oc(=O)ccc12. The van der Waals surface area contributed by atoms with Crippen molar-refractivity contribution in [2.45, 2.75) is 13.8 Å². The van der Waals surface area contributed by atoms with Crippen LogP contribution in [0.25, 0.3) is 21.9 Å². The van der Waals surface area contributed by atoms with E-state index in [0.717, 1.165) is 5.39 Å². The standard InChI is InChI=1S/C17H16O5/c1-10(2)6-8-21-17-15-12(7-9-20-15)14(19-3)11-4-5-13(18)22-16(11)17/h4-10H,1-3H3. The third kappa shape index (κ3) is 2.35. The smallest absolute Gasteiger partial charge is 0.336 e. The lowest BCUT2D eigenvalue weighted by Gasteiger charge is -2.10. The summed E-state index contributed by atoms with van der Waals surface area (Å²) in [4.78, 5) is 11.6. The van der Waals surface area contributed by atoms with Crippen LogP contribution in [0.2, 0.25) is 0 Å². The van der Waals surface area contributed by atoms with Crippen LogP contribution in [-0.2, 0) is 0 Å². The molecule has 3 aromatic rings. The van der Waals surface area contributed by atoms with Crippen LogP contribution in [0.5, 0.6) is 11.5 Å². The first-order valence-electron chi connectivity index (χ1n) is 6.96. The van der Waals surface area contributed by atoms with Gasteiger partial charge in [0.15, 0.2) is 11.2 Å². The van der Waals surface area contributed by atoms with Crippen molar-refractivity contribution in [3.63, 3.8) is 0 Å². The van der Waals surface area contributed by atoms with Crippen molar-refractivity contribution < 1.29 is 18.3 Å². The lowest BCUT2D eigenvalue weighted by atomic mass is 10.1. The average molecular weight is 300 g/mol. The molecule has 2 aromatic heterocycles. The number of methoxy groups -OCH3 is 1. The Kier molecular flexibility index (Phi) is 3.63. The van der Waals surface area contributed by atoms with Crippen LogP contribution < -0.4 is 15.1 Å². The van der Waals surface area contributed by atoms with E-state index in [1.165, 1.54) is 6.07 Å². The summed E-state index contributed by atoms with van der Waals surface area (Å²) in [5.41, 5.74) is 0.325. The number of benzene rings is 1. The fourth-order valence-corrected chi connectivity index (χ4v) is 2.27. The molecule has 0 amide bonds. The summed E-state index contributed by atoms with van der Waals surface area (Å²) >= 11 is 0. The van der Waals surface area contributed by atoms with Crippen molar-refractivity contribution in [3.8, 4) is 11.5 Å². The summed E-state index contributed by atoms with van der Waals surface area (Å²) in [5, 5.41) is 1.42. The monoisotopic (exact) mass is 300 g/mol. The highest BCUT2D eigenvalue weighted by atomic mass is 16.5. The largest absolute Gasteiger partial charge is 0.495 e. The third-order valence-corrected chi connectivity index (χ3v) is 3.25. The van der Waals surface area contributed by atoms with Gasteiger partial charge in [0.05, 0.1) is 30.4 Å². The molecular formula is C17H16O5. The molecule has 0 atom stereocenters. The van der Waals surface area contributed by atoms with Gasteiger partial charge in [-0.1, -0.05) is 13.8 Å². The first kappa shape index (κ1) is 14.3. The zero-order chi connectivity index (χ0) is 15.7. The molecule has 2 heterocycles. The van der Waals surface area contributed by atoms with Crippen LogP contribution in [0.1, 0.15) is 13.8 Å². The Bertz CT molecular complexity index is 898. The van der Waals surface area contributed by atoms with E-state index >= 15 is 0 Å². The second kappa shape index (κ2) is 5.60. The normalized spacial score (nSPS) is 11.8. The maximum absolute atomic E-state index is 11.6. The van der Waals surface area contributed by atoms with Gasteiger partial charge in [0.2, 0.25) is 5.75 Å². The van der Waals surface area contributed by atoms with Crippen LogP contribution in [0.3, 0.4) is 0 Å². The fraction of sp³-hybridized carbons (Fsp3) is 0.235. The second-order valence-electron chi connectivity index (χ2n) is 5.21. The average Bonchev–Trinajstić information content (AvgIpc) is 2.95. The van der Waals surface area contributed by atoms with Crippen LogP contribution >= 0.6 is 0 Å². The summed E-state index contributed by atoms with van der Waals surface area (Å²) in [7, 11) is 1.56. The molecule has 114 valence electrons. The lowest BCUT2D eigenvalue weighted by Crippen LogP contribution is -1.98. The molecule has 0 saturated heterocycles. The number of ether oxygens (including phenoxy) is 2. The van der Waals surface area contributed by atoms with E-state index in [2.05, 4.69) is 0 Å². The highest BCUT2D eigenvalue weighted by molar-refractivity contribution is 6.06. The van der Waals surface area contributed by atoms with Gasteiger partial charge in [0.1, 0.15) is 5.75 Å². The van der Waals surface area contributed by atoms with E-state index in [4.69, 9.17) is 18.3 Å². The lowest BCUT2D eigenvalue weighted by molar-refractivity contribution is 0.419. The van der Waals surface area contributed by atoms with Crippen molar-refractivity contribution in [2.75, 3.05) is 7.11 Å². The number of fused-ring (bicyclic) bond motifs is 2. The van der Waals surface area contributed by atoms with Crippen molar-refractivity contribution in [2.24, 2.45) is 5.92 Å². The Balaban J connectivity index is 2.33. The first-order chi connectivity index (χ1) is 10.6. The van der Waals surface area contributed by atoms with Gasteiger partial charge in [-0.15, -0.1) is 0 Å². The quantitative estimate of drug-likeness (QED) is 0.536. The Labute approximate surface area is 126 Å². The van der Waals surface area contributed by atoms with Gasteiger partial charge in [-0.3, -0.25) is 0 Å². The van der Waals surface area contributed by atoms with Gasteiger partial charge in [0, 0.05) is 6.07 Å². The van der Waals surface area contributed by atoms with E-state index in [1.54, 1.807) is 31.8 Å². The summed E-state index contributed by atoms with van der Waals surface area (Å²) in [6, 6.07) is 4.80. The molecule has 0 aliphatic heterocycles. The Morgan fingerprint density at radius 3 is 2.59 bits per heavy atom. The molecule has 0 aliphatic carbocycles. The van der Waals surface area contributed by atoms with Crippen LogP contribution in [0, 0.1) is 5.92 Å². The number of hydrogen-bond acceptors (Lipinski definition) is 5. The van der Waals surface area contributed by atoms with E-state index in [1.807, 2.05) is 19.9 Å². The van der Waals surface area contributed by atoms with E-state index in [-0.39, 0.29) is 0 Å². The van der Waals surface area contributed by atoms with Crippen molar-refractivity contribution in [1.29, 1.82) is 0 Å². The van der Waals surface area contributed by atoms with E-state index < -0.39 is 5.63 Å². The fourth-order valence-electron chi connectivity index (χ4n) is 2.27. The molecule has 3 rings (SSSR count). The maximum Gasteiger partial charge on any atom is 0.336 e. The maximum atomic E-state index is 11.6. The van der Waals surface area contributed by atoms with E-state index in [9.17, 15) is 4.79 Å². The third-order valence-electron chi connectivity index (χ3n) is 3.25. The highest BCUT2D eigenvalue weighted by Gasteiger charge is 2.20. The molecule has 0 aliphatic rings. The second-order valence-corrected chi connectivity index (χ2v) is 5.21. The van der Waals surface area contributed by atoms with Crippen molar-refractivity contribution in [3.05, 3.63) is 47.2 Å². The number of hydrogen-bond donors (Lipinski definition) is 0. The summed E-state index contributed by atoms with van der Waals surface area (Å²) in [5.74, 6) is 1.29. The molecule has 5 nitrogen and oxygen atoms in total. The minimum Gasteiger partial charge on any atom is -0.495 e. The van der Waals surface area contributed by atoms with Gasteiger partial charge < -0.3 is 18.3 Å². The van der Waals surface area contributed by atoms with E-state index in [0.29, 0.717) is 34.0 Å². The number of furan rings is 1. The molecule has 0 N–H and O–H groups in total. The summed E-state index contributed by atoms with van der Waals surface area (Å²) in [6.45, 7) is 4.07. The topological polar surface area (TPSA) is 61.8 Å². The molecule has 0 saturated carbocycles. The summed E-state index contributed by atoms with van der Waals surface area (Å²) in [6.07, 6.45) is 5.01. The van der Waals surface area contributed by atoms with Gasteiger partial charge in [-0.2, -0.15) is 0 Å². The predicted octanol–water partition coefficient (Wildman–Crippen LogP) is 4.10. The molecule has 5 heteroatoms. The van der Waals surface area contributed by atoms with Gasteiger partial charge in [-0.05, 0) is 24.1 Å². The predicted molar refractivity (Wildman–Crippen MR) is 83.4 cm³/mol. The molecule has 0 spiro atoms. The number of allylic oxidation sites excluding steroid dienone is 1. The van der Waals surface area contributed by atoms with Gasteiger partial charge in [-0.25, -0.2) is 4.79 Å². The Morgan fingerprint density at radius 1 is 1.09 bits per heavy atom. The molecule has 0 bridgehead atoms. The van der Waals surface area contributed by atoms with Gasteiger partial charge >= 0.3 is 5.63 Å². The zero-order valence-electron chi connectivity index (χ0n) is 12.6. The van der Waals surface area contributed by atoms with Crippen molar-refractivity contribution >= 4 is 21.9 Å². The minimum absolute atomic E-state index is 0.306. The van der Waals surface area contributed by atoms with Crippen LogP contribution in [-0.4, -0.2) is 7.11 Å². The van der Waals surface area contributed by atoms with Crippen molar-refractivity contribution in [1.82, 2.24) is 0 Å². The number of rotatable bonds is 4. The Morgan fingerprint density at radius 2 is 1.86 bits per heavy atom. The van der Waals surface area contributed by atoms with Gasteiger partial charge in [0.25, 0.3) is 0 Å². The highest BCUT2D eigenvalue weighted by Crippen LogP contribution is 2.42. The zero-order valence-corrected chi connectivity index (χ0v) is 12.6. The first-order valence-corrected chi connectivity index (χ1v) is 6.96. The summed E-state index contributed by atoms with van der Waals surface area (Å²) < 4.78 is 21.9. The minimum atomic E-state index is -0.460. The molecule has 0 radical (unpaired) electrons. The molecule has 0 fully saturated rings. The molecular weight excluding hydrogens is 284 g/mol. The molecule has 0 unspecified atom stereocenters. The van der Waals surface area contributed by atoms with Crippen LogP contribution in [0.4, 0.5) is 0 Å². The van der Waals surface area contributed by atoms with Crippen LogP contribution in [0.15, 0.2) is 50.4 Å². The molecule has 22 heavy (non-hydrogen) atoms. The molecule has 1 aromatic carbocycles.